The van der Waals surface area contributed by atoms with Gasteiger partial charge in [0.05, 0.1) is 5.92 Å². The minimum atomic E-state index is -0.767. The fraction of sp³-hybridized carbons (Fsp3) is 0.636. The Labute approximate surface area is 94.9 Å². The molecule has 1 aliphatic carbocycles. The second kappa shape index (κ2) is 6.15. The second-order valence-corrected chi connectivity index (χ2v) is 4.02. The van der Waals surface area contributed by atoms with Gasteiger partial charge in [-0.1, -0.05) is 6.08 Å². The van der Waals surface area contributed by atoms with Gasteiger partial charge in [0.2, 0.25) is 0 Å². The van der Waals surface area contributed by atoms with Gasteiger partial charge in [-0.05, 0) is 25.7 Å². The summed E-state index contributed by atoms with van der Waals surface area (Å²) in [7, 11) is 0. The third-order valence-electron chi connectivity index (χ3n) is 2.75. The predicted molar refractivity (Wildman–Crippen MR) is 60.1 cm³/mol. The second-order valence-electron chi connectivity index (χ2n) is 4.02. The molecule has 1 saturated carbocycles. The highest BCUT2D eigenvalue weighted by Gasteiger charge is 2.30. The van der Waals surface area contributed by atoms with Crippen LogP contribution in [0.4, 0.5) is 4.79 Å². The molecule has 5 heteroatoms. The van der Waals surface area contributed by atoms with Gasteiger partial charge in [0, 0.05) is 12.6 Å². The summed E-state index contributed by atoms with van der Waals surface area (Å²) in [5.74, 6) is -1.07. The van der Waals surface area contributed by atoms with Crippen LogP contribution in [0, 0.1) is 5.92 Å². The maximum Gasteiger partial charge on any atom is 0.315 e. The van der Waals surface area contributed by atoms with E-state index in [0.29, 0.717) is 19.4 Å². The summed E-state index contributed by atoms with van der Waals surface area (Å²) in [6, 6.07) is -0.234. The summed E-state index contributed by atoms with van der Waals surface area (Å²) in [6.45, 7) is 4.11. The minimum absolute atomic E-state index is 0.00942. The van der Waals surface area contributed by atoms with Crippen LogP contribution in [0.25, 0.3) is 0 Å². The molecule has 0 aromatic heterocycles. The Balaban J connectivity index is 2.20. The van der Waals surface area contributed by atoms with E-state index in [9.17, 15) is 9.59 Å². The number of carboxylic acid groups (broad SMARTS) is 1. The number of hydrogen-bond donors (Lipinski definition) is 3. The Kier molecular flexibility index (Phi) is 4.82. The molecule has 90 valence electrons. The molecule has 2 amide bonds. The van der Waals surface area contributed by atoms with E-state index in [1.54, 1.807) is 6.08 Å². The molecule has 0 aromatic carbocycles. The van der Waals surface area contributed by atoms with E-state index < -0.39 is 5.97 Å². The van der Waals surface area contributed by atoms with Gasteiger partial charge in [-0.15, -0.1) is 6.58 Å². The highest BCUT2D eigenvalue weighted by Crippen LogP contribution is 2.25. The van der Waals surface area contributed by atoms with Crippen LogP contribution in [-0.2, 0) is 4.79 Å². The van der Waals surface area contributed by atoms with Crippen LogP contribution in [0.3, 0.4) is 0 Å². The number of nitrogens with one attached hydrogen (secondary N) is 2. The van der Waals surface area contributed by atoms with Gasteiger partial charge in [-0.3, -0.25) is 4.79 Å². The van der Waals surface area contributed by atoms with Crippen molar-refractivity contribution >= 4 is 12.0 Å². The fourth-order valence-corrected chi connectivity index (χ4v) is 1.86. The average Bonchev–Trinajstić information content (AvgIpc) is 2.66. The van der Waals surface area contributed by atoms with Crippen molar-refractivity contribution < 1.29 is 14.7 Å². The van der Waals surface area contributed by atoms with Gasteiger partial charge in [0.15, 0.2) is 0 Å². The summed E-state index contributed by atoms with van der Waals surface area (Å²) >= 11 is 0. The van der Waals surface area contributed by atoms with Crippen LogP contribution in [0.5, 0.6) is 0 Å². The number of carboxylic acids is 1. The number of amides is 2. The Hall–Kier alpha value is -1.52. The lowest BCUT2D eigenvalue weighted by Crippen LogP contribution is -2.41. The molecule has 0 heterocycles. The molecule has 5 nitrogen and oxygen atoms in total. The third-order valence-corrected chi connectivity index (χ3v) is 2.75. The Morgan fingerprint density at radius 1 is 1.44 bits per heavy atom. The van der Waals surface area contributed by atoms with Crippen LogP contribution in [0.2, 0.25) is 0 Å². The molecule has 0 bridgehead atoms. The van der Waals surface area contributed by atoms with E-state index in [4.69, 9.17) is 5.11 Å². The molecule has 2 atom stereocenters. The number of urea groups is 1. The number of hydrogen-bond acceptors (Lipinski definition) is 2. The fourth-order valence-electron chi connectivity index (χ4n) is 1.86. The molecule has 2 unspecified atom stereocenters. The van der Waals surface area contributed by atoms with Crippen LogP contribution in [-0.4, -0.2) is 29.7 Å². The lowest BCUT2D eigenvalue weighted by Gasteiger charge is -2.12. The van der Waals surface area contributed by atoms with Crippen LogP contribution >= 0.6 is 0 Å². The van der Waals surface area contributed by atoms with Gasteiger partial charge in [0.25, 0.3) is 0 Å². The van der Waals surface area contributed by atoms with Crippen molar-refractivity contribution in [1.82, 2.24) is 10.6 Å². The van der Waals surface area contributed by atoms with Gasteiger partial charge >= 0.3 is 12.0 Å². The van der Waals surface area contributed by atoms with E-state index in [0.717, 1.165) is 12.8 Å². The van der Waals surface area contributed by atoms with Crippen molar-refractivity contribution in [2.45, 2.75) is 31.7 Å². The van der Waals surface area contributed by atoms with Gasteiger partial charge < -0.3 is 15.7 Å². The first-order valence-electron chi connectivity index (χ1n) is 5.51. The lowest BCUT2D eigenvalue weighted by molar-refractivity contribution is -0.141. The molecule has 16 heavy (non-hydrogen) atoms. The summed E-state index contributed by atoms with van der Waals surface area (Å²) in [5.41, 5.74) is 0. The van der Waals surface area contributed by atoms with Crippen molar-refractivity contribution in [1.29, 1.82) is 0 Å². The number of carbonyl (C=O) groups is 2. The van der Waals surface area contributed by atoms with Crippen molar-refractivity contribution in [3.8, 4) is 0 Å². The van der Waals surface area contributed by atoms with E-state index >= 15 is 0 Å². The summed E-state index contributed by atoms with van der Waals surface area (Å²) in [4.78, 5) is 22.1. The van der Waals surface area contributed by atoms with E-state index in [2.05, 4.69) is 17.2 Å². The van der Waals surface area contributed by atoms with Crippen LogP contribution in [0.1, 0.15) is 25.7 Å². The van der Waals surface area contributed by atoms with Crippen molar-refractivity contribution in [2.24, 2.45) is 5.92 Å². The monoisotopic (exact) mass is 226 g/mol. The van der Waals surface area contributed by atoms with Gasteiger partial charge in [0.1, 0.15) is 0 Å². The normalized spacial score (nSPS) is 23.8. The Morgan fingerprint density at radius 3 is 2.75 bits per heavy atom. The zero-order valence-electron chi connectivity index (χ0n) is 9.24. The van der Waals surface area contributed by atoms with Crippen LogP contribution < -0.4 is 10.6 Å². The molecule has 3 N–H and O–H groups in total. The van der Waals surface area contributed by atoms with E-state index in [-0.39, 0.29) is 18.0 Å². The first-order valence-corrected chi connectivity index (χ1v) is 5.51. The molecule has 1 fully saturated rings. The van der Waals surface area contributed by atoms with E-state index in [1.165, 1.54) is 0 Å². The predicted octanol–water partition coefficient (Wildman–Crippen LogP) is 1.11. The highest BCUT2D eigenvalue weighted by molar-refractivity contribution is 5.75. The zero-order valence-corrected chi connectivity index (χ0v) is 9.24. The van der Waals surface area contributed by atoms with Gasteiger partial charge in [-0.2, -0.15) is 0 Å². The lowest BCUT2D eigenvalue weighted by atomic mass is 10.1. The van der Waals surface area contributed by atoms with E-state index in [1.807, 2.05) is 0 Å². The van der Waals surface area contributed by atoms with Crippen molar-refractivity contribution in [3.63, 3.8) is 0 Å². The topological polar surface area (TPSA) is 78.4 Å². The molecular weight excluding hydrogens is 208 g/mol. The number of rotatable bonds is 5. The standard InChI is InChI=1S/C11H18N2O3/c1-2-3-6-12-11(16)13-9-5-4-8(7-9)10(14)15/h2,8-9H,1,3-7H2,(H,14,15)(H2,12,13,16). The molecule has 1 rings (SSSR count). The molecule has 0 saturated heterocycles. The highest BCUT2D eigenvalue weighted by atomic mass is 16.4. The number of aliphatic carboxylic acids is 1. The quantitative estimate of drug-likeness (QED) is 0.485. The van der Waals surface area contributed by atoms with Crippen molar-refractivity contribution in [3.05, 3.63) is 12.7 Å². The van der Waals surface area contributed by atoms with Gasteiger partial charge in [-0.25, -0.2) is 4.79 Å². The molecule has 1 aliphatic rings. The van der Waals surface area contributed by atoms with Crippen molar-refractivity contribution in [2.75, 3.05) is 6.54 Å². The summed E-state index contributed by atoms with van der Waals surface area (Å²) in [5, 5.41) is 14.3. The first kappa shape index (κ1) is 12.5. The Bertz CT molecular complexity index is 278. The number of carbonyl (C=O) groups excluding carboxylic acids is 1. The average molecular weight is 226 g/mol. The summed E-state index contributed by atoms with van der Waals surface area (Å²) in [6.07, 6.45) is 4.38. The maximum atomic E-state index is 11.3. The molecular formula is C11H18N2O3. The summed E-state index contributed by atoms with van der Waals surface area (Å²) < 4.78 is 0. The largest absolute Gasteiger partial charge is 0.481 e. The molecule has 0 aliphatic heterocycles. The Morgan fingerprint density at radius 2 is 2.19 bits per heavy atom. The molecule has 0 aromatic rings. The van der Waals surface area contributed by atoms with Crippen LogP contribution in [0.15, 0.2) is 12.7 Å². The molecule has 0 radical (unpaired) electrons. The third kappa shape index (κ3) is 3.92. The SMILES string of the molecule is C=CCCNC(=O)NC1CCC(C(=O)O)C1. The minimum Gasteiger partial charge on any atom is -0.481 e. The zero-order chi connectivity index (χ0) is 12.0. The maximum absolute atomic E-state index is 11.3. The first-order chi connectivity index (χ1) is 7.63. The smallest absolute Gasteiger partial charge is 0.315 e. The molecule has 0 spiro atoms.